The van der Waals surface area contributed by atoms with E-state index in [1.165, 1.54) is 24.2 Å². The second-order valence-electron chi connectivity index (χ2n) is 12.7. The van der Waals surface area contributed by atoms with Gasteiger partial charge in [-0.25, -0.2) is 14.3 Å². The zero-order valence-corrected chi connectivity index (χ0v) is 26.7. The normalized spacial score (nSPS) is 25.1. The summed E-state index contributed by atoms with van der Waals surface area (Å²) in [5.74, 6) is -1.06. The summed E-state index contributed by atoms with van der Waals surface area (Å²) >= 11 is 0. The summed E-state index contributed by atoms with van der Waals surface area (Å²) in [7, 11) is -2.21. The zero-order valence-electron chi connectivity index (χ0n) is 25.7. The maximum absolute atomic E-state index is 12.9. The Morgan fingerprint density at radius 2 is 1.88 bits per heavy atom. The van der Waals surface area contributed by atoms with Gasteiger partial charge < -0.3 is 23.4 Å². The number of nitrogens with zero attached hydrogens (tertiary/aromatic N) is 4. The van der Waals surface area contributed by atoms with Crippen LogP contribution in [0.2, 0.25) is 19.6 Å². The number of fused-ring (bicyclic) bond motifs is 1. The van der Waals surface area contributed by atoms with Crippen LogP contribution in [0.25, 0.3) is 5.52 Å². The van der Waals surface area contributed by atoms with Gasteiger partial charge in [-0.1, -0.05) is 33.1 Å². The van der Waals surface area contributed by atoms with Crippen LogP contribution >= 0.6 is 0 Å². The molecule has 13 nitrogen and oxygen atoms in total. The van der Waals surface area contributed by atoms with Crippen molar-refractivity contribution >= 4 is 37.7 Å². The van der Waals surface area contributed by atoms with Crippen LogP contribution < -0.4 is 5.32 Å². The smallest absolute Gasteiger partial charge is 0.415 e. The van der Waals surface area contributed by atoms with E-state index < -0.39 is 45.0 Å². The molecule has 2 aliphatic rings. The van der Waals surface area contributed by atoms with E-state index in [0.29, 0.717) is 17.6 Å². The van der Waals surface area contributed by atoms with Gasteiger partial charge in [0.05, 0.1) is 24.3 Å². The number of anilines is 1. The van der Waals surface area contributed by atoms with Gasteiger partial charge in [0, 0.05) is 12.8 Å². The van der Waals surface area contributed by atoms with Gasteiger partial charge in [-0.3, -0.25) is 14.9 Å². The number of rotatable bonds is 10. The van der Waals surface area contributed by atoms with Crippen LogP contribution in [0.4, 0.5) is 10.6 Å². The molecule has 1 N–H and O–H groups in total. The number of nitrogens with one attached hydrogen (secondary N) is 1. The molecule has 3 heterocycles. The molecule has 0 bridgehead atoms. The first kappa shape index (κ1) is 32.4. The molecule has 0 aromatic carbocycles. The predicted molar refractivity (Wildman–Crippen MR) is 156 cm³/mol. The third kappa shape index (κ3) is 7.52. The highest BCUT2D eigenvalue weighted by atomic mass is 28.4. The molecule has 234 valence electrons. The molecule has 1 aliphatic carbocycles. The molecule has 2 fully saturated rings. The lowest BCUT2D eigenvalue weighted by Gasteiger charge is -2.33. The van der Waals surface area contributed by atoms with Crippen LogP contribution in [0, 0.1) is 22.7 Å². The summed E-state index contributed by atoms with van der Waals surface area (Å²) in [6, 6.07) is 5.68. The molecule has 4 atom stereocenters. The van der Waals surface area contributed by atoms with Crippen LogP contribution in [0.15, 0.2) is 18.5 Å². The summed E-state index contributed by atoms with van der Waals surface area (Å²) in [5, 5.41) is 17.5. The predicted octanol–water partition coefficient (Wildman–Crippen LogP) is 4.68. The molecule has 0 spiro atoms. The Labute approximate surface area is 252 Å². The molecule has 1 aliphatic heterocycles. The van der Waals surface area contributed by atoms with Crippen molar-refractivity contribution in [2.75, 3.05) is 18.7 Å². The van der Waals surface area contributed by atoms with E-state index in [2.05, 4.69) is 33.1 Å². The lowest BCUT2D eigenvalue weighted by Crippen LogP contribution is -2.46. The van der Waals surface area contributed by atoms with E-state index in [4.69, 9.17) is 18.6 Å². The molecule has 1 unspecified atom stereocenters. The number of carbonyl (C=O) groups is 3. The van der Waals surface area contributed by atoms with Crippen LogP contribution in [0.1, 0.15) is 65.0 Å². The summed E-state index contributed by atoms with van der Waals surface area (Å²) in [6.45, 7) is 10.8. The van der Waals surface area contributed by atoms with E-state index in [0.717, 1.165) is 25.7 Å². The summed E-state index contributed by atoms with van der Waals surface area (Å²) in [5.41, 5.74) is -0.905. The maximum atomic E-state index is 12.9. The minimum absolute atomic E-state index is 0.00958. The summed E-state index contributed by atoms with van der Waals surface area (Å²) < 4.78 is 29.8. The Morgan fingerprint density at radius 3 is 2.53 bits per heavy atom. The first-order valence-corrected chi connectivity index (χ1v) is 18.0. The number of nitriles is 1. The average molecular weight is 616 g/mol. The van der Waals surface area contributed by atoms with Crippen molar-refractivity contribution in [3.05, 3.63) is 24.2 Å². The largest absolute Gasteiger partial charge is 0.463 e. The fourth-order valence-electron chi connectivity index (χ4n) is 5.86. The Hall–Kier alpha value is -3.54. The van der Waals surface area contributed by atoms with E-state index in [-0.39, 0.29) is 29.7 Å². The molecule has 1 saturated heterocycles. The minimum Gasteiger partial charge on any atom is -0.463 e. The molecule has 43 heavy (non-hydrogen) atoms. The third-order valence-corrected chi connectivity index (χ3v) is 8.96. The maximum Gasteiger partial charge on any atom is 0.415 e. The second-order valence-corrected chi connectivity index (χ2v) is 17.1. The number of hydrogen-bond acceptors (Lipinski definition) is 11. The fourth-order valence-corrected chi connectivity index (χ4v) is 7.00. The minimum atomic E-state index is -2.21. The number of esters is 2. The van der Waals surface area contributed by atoms with Crippen LogP contribution in [0.5, 0.6) is 0 Å². The zero-order chi connectivity index (χ0) is 31.4. The molecule has 2 aromatic rings. The standard InChI is InChI=1S/C29H41N5O8Si/c1-19-22(15-38-24(36)14-28(3)12-8-7-9-13-28)41-29(16-30,25(19)42-43(4,5)6)23-11-10-21-26(31-17-32-34(21)23)33-27(37)40-18-39-20(2)35/h10-11,17,19,22,25H,7-9,12-15,18H2,1-6H3,(H,31,32,33,37)/t19-,22-,25?,29+/m1/s1. The van der Waals surface area contributed by atoms with Crippen LogP contribution in [0.3, 0.4) is 0 Å². The Balaban J connectivity index is 1.58. The van der Waals surface area contributed by atoms with Crippen molar-refractivity contribution in [1.82, 2.24) is 14.6 Å². The highest BCUT2D eigenvalue weighted by Crippen LogP contribution is 2.46. The summed E-state index contributed by atoms with van der Waals surface area (Å²) in [4.78, 5) is 40.2. The lowest BCUT2D eigenvalue weighted by molar-refractivity contribution is -0.153. The second kappa shape index (κ2) is 13.0. The fraction of sp³-hybridized carbons (Fsp3) is 0.655. The molecular weight excluding hydrogens is 574 g/mol. The van der Waals surface area contributed by atoms with Crippen molar-refractivity contribution in [1.29, 1.82) is 5.26 Å². The Morgan fingerprint density at radius 1 is 1.16 bits per heavy atom. The first-order valence-electron chi connectivity index (χ1n) is 14.6. The Kier molecular flexibility index (Phi) is 9.78. The molecule has 4 rings (SSSR count). The number of aromatic nitrogens is 3. The van der Waals surface area contributed by atoms with E-state index in [1.807, 2.05) is 26.6 Å². The van der Waals surface area contributed by atoms with Crippen molar-refractivity contribution in [3.63, 3.8) is 0 Å². The monoisotopic (exact) mass is 615 g/mol. The van der Waals surface area contributed by atoms with Gasteiger partial charge in [-0.2, -0.15) is 10.4 Å². The van der Waals surface area contributed by atoms with Gasteiger partial charge in [0.2, 0.25) is 12.4 Å². The van der Waals surface area contributed by atoms with Crippen molar-refractivity contribution in [2.45, 2.75) is 96.7 Å². The molecular formula is C29H41N5O8Si. The molecule has 0 radical (unpaired) electrons. The van der Waals surface area contributed by atoms with Crippen molar-refractivity contribution < 1.29 is 37.8 Å². The van der Waals surface area contributed by atoms with Gasteiger partial charge in [-0.15, -0.1) is 0 Å². The van der Waals surface area contributed by atoms with Crippen molar-refractivity contribution in [2.24, 2.45) is 11.3 Å². The third-order valence-electron chi connectivity index (χ3n) is 7.99. The van der Waals surface area contributed by atoms with E-state index in [1.54, 1.807) is 12.1 Å². The Bertz CT molecular complexity index is 1380. The quantitative estimate of drug-likeness (QED) is 0.224. The van der Waals surface area contributed by atoms with Crippen LogP contribution in [-0.4, -0.2) is 66.6 Å². The van der Waals surface area contributed by atoms with Gasteiger partial charge in [0.15, 0.2) is 14.1 Å². The van der Waals surface area contributed by atoms with Gasteiger partial charge in [-0.05, 0) is 50.0 Å². The topological polar surface area (TPSA) is 163 Å². The first-order chi connectivity index (χ1) is 20.3. The van der Waals surface area contributed by atoms with Crippen LogP contribution in [-0.2, 0) is 38.6 Å². The molecule has 2 aromatic heterocycles. The van der Waals surface area contributed by atoms with E-state index in [9.17, 15) is 19.6 Å². The highest BCUT2D eigenvalue weighted by molar-refractivity contribution is 6.69. The molecule has 14 heteroatoms. The lowest BCUT2D eigenvalue weighted by atomic mass is 9.73. The van der Waals surface area contributed by atoms with Crippen molar-refractivity contribution in [3.8, 4) is 6.07 Å². The summed E-state index contributed by atoms with van der Waals surface area (Å²) in [6.07, 6.45) is 4.83. The average Bonchev–Trinajstić information content (AvgIpc) is 3.47. The molecule has 1 amide bonds. The highest BCUT2D eigenvalue weighted by Gasteiger charge is 2.58. The van der Waals surface area contributed by atoms with Gasteiger partial charge >= 0.3 is 18.0 Å². The van der Waals surface area contributed by atoms with E-state index >= 15 is 0 Å². The number of amides is 1. The number of carbonyl (C=O) groups excluding carboxylic acids is 3. The number of ether oxygens (including phenoxy) is 4. The number of hydrogen-bond donors (Lipinski definition) is 1. The molecule has 1 saturated carbocycles. The SMILES string of the molecule is CC(=O)OCOC(=O)Nc1ncnn2c([C@]3(C#N)O[C@H](COC(=O)CC4(C)CCCCC4)[C@@H](C)C3O[Si](C)(C)C)ccc12. The van der Waals surface area contributed by atoms with Gasteiger partial charge in [0.25, 0.3) is 0 Å². The van der Waals surface area contributed by atoms with Gasteiger partial charge in [0.1, 0.15) is 24.5 Å².